The molecule has 0 bridgehead atoms. The van der Waals surface area contributed by atoms with Crippen LogP contribution in [0.2, 0.25) is 0 Å². The molecule has 1 aromatic heterocycles. The van der Waals surface area contributed by atoms with Crippen LogP contribution in [0.1, 0.15) is 24.4 Å². The Morgan fingerprint density at radius 2 is 2.28 bits per heavy atom. The Kier molecular flexibility index (Phi) is 4.36. The average Bonchev–Trinajstić information content (AvgIpc) is 2.76. The van der Waals surface area contributed by atoms with Gasteiger partial charge in [0.1, 0.15) is 5.82 Å². The van der Waals surface area contributed by atoms with Crippen molar-refractivity contribution < 1.29 is 8.81 Å². The first-order valence-electron chi connectivity index (χ1n) is 5.22. The molecule has 1 heterocycles. The average molecular weight is 332 g/mol. The Hall–Kier alpha value is -0.920. The summed E-state index contributed by atoms with van der Waals surface area (Å²) < 4.78 is 19.6. The summed E-state index contributed by atoms with van der Waals surface area (Å²) in [4.78, 5) is 0. The van der Waals surface area contributed by atoms with Crippen molar-refractivity contribution in [1.29, 1.82) is 0 Å². The molecule has 1 unspecified atom stereocenters. The molecule has 0 saturated heterocycles. The van der Waals surface area contributed by atoms with Gasteiger partial charge in [-0.05, 0) is 24.6 Å². The molecule has 0 spiro atoms. The minimum Gasteiger partial charge on any atom is -0.414 e. The second kappa shape index (κ2) is 5.81. The summed E-state index contributed by atoms with van der Waals surface area (Å²) >= 11 is 4.49. The van der Waals surface area contributed by atoms with Crippen LogP contribution in [-0.2, 0) is 5.75 Å². The van der Waals surface area contributed by atoms with Crippen molar-refractivity contribution in [2.45, 2.75) is 23.9 Å². The lowest BCUT2D eigenvalue weighted by Crippen LogP contribution is -2.04. The Morgan fingerprint density at radius 3 is 2.89 bits per heavy atom. The highest BCUT2D eigenvalue weighted by Gasteiger charge is 2.11. The SMILES string of the molecule is CC(N)c1nnc(SCc2ccc(Br)cc2F)o1. The molecular weight excluding hydrogens is 321 g/mol. The van der Waals surface area contributed by atoms with Gasteiger partial charge in [-0.25, -0.2) is 4.39 Å². The van der Waals surface area contributed by atoms with Crippen molar-refractivity contribution in [3.8, 4) is 0 Å². The summed E-state index contributed by atoms with van der Waals surface area (Å²) in [6.45, 7) is 1.76. The molecule has 0 aliphatic rings. The Labute approximate surface area is 116 Å². The molecular formula is C11H11BrFN3OS. The third-order valence-electron chi connectivity index (χ3n) is 2.18. The van der Waals surface area contributed by atoms with Gasteiger partial charge in [0, 0.05) is 10.2 Å². The van der Waals surface area contributed by atoms with Gasteiger partial charge in [-0.3, -0.25) is 0 Å². The van der Waals surface area contributed by atoms with Crippen LogP contribution >= 0.6 is 27.7 Å². The van der Waals surface area contributed by atoms with E-state index >= 15 is 0 Å². The summed E-state index contributed by atoms with van der Waals surface area (Å²) in [6.07, 6.45) is 0. The fourth-order valence-electron chi connectivity index (χ4n) is 1.24. The Bertz CT molecular complexity index is 547. The van der Waals surface area contributed by atoms with E-state index in [1.165, 1.54) is 17.8 Å². The molecule has 2 rings (SSSR count). The van der Waals surface area contributed by atoms with E-state index in [9.17, 15) is 4.39 Å². The standard InChI is InChI=1S/C11H11BrFN3OS/c1-6(14)10-15-16-11(17-10)18-5-7-2-3-8(12)4-9(7)13/h2-4,6H,5,14H2,1H3. The normalized spacial score (nSPS) is 12.7. The molecule has 0 fully saturated rings. The van der Waals surface area contributed by atoms with Crippen molar-refractivity contribution in [1.82, 2.24) is 10.2 Å². The predicted octanol–water partition coefficient (Wildman–Crippen LogP) is 3.28. The van der Waals surface area contributed by atoms with E-state index < -0.39 is 0 Å². The first-order valence-corrected chi connectivity index (χ1v) is 7.00. The van der Waals surface area contributed by atoms with Crippen LogP contribution < -0.4 is 5.73 Å². The zero-order chi connectivity index (χ0) is 13.1. The minimum atomic E-state index is -0.295. The molecule has 96 valence electrons. The summed E-state index contributed by atoms with van der Waals surface area (Å²) in [5.41, 5.74) is 6.19. The van der Waals surface area contributed by atoms with E-state index in [0.29, 0.717) is 26.9 Å². The third kappa shape index (κ3) is 3.30. The van der Waals surface area contributed by atoms with E-state index in [1.807, 2.05) is 0 Å². The zero-order valence-corrected chi connectivity index (χ0v) is 12.0. The lowest BCUT2D eigenvalue weighted by molar-refractivity contribution is 0.394. The number of halogens is 2. The van der Waals surface area contributed by atoms with Crippen molar-refractivity contribution in [3.63, 3.8) is 0 Å². The van der Waals surface area contributed by atoms with E-state index in [0.717, 1.165) is 0 Å². The quantitative estimate of drug-likeness (QED) is 0.871. The van der Waals surface area contributed by atoms with Crippen LogP contribution in [0.15, 0.2) is 32.3 Å². The molecule has 4 nitrogen and oxygen atoms in total. The van der Waals surface area contributed by atoms with Crippen molar-refractivity contribution in [3.05, 3.63) is 39.9 Å². The van der Waals surface area contributed by atoms with Crippen LogP contribution in [0.25, 0.3) is 0 Å². The molecule has 1 aromatic carbocycles. The highest BCUT2D eigenvalue weighted by atomic mass is 79.9. The van der Waals surface area contributed by atoms with Gasteiger partial charge in [0.25, 0.3) is 5.22 Å². The van der Waals surface area contributed by atoms with Gasteiger partial charge in [0.05, 0.1) is 6.04 Å². The number of benzene rings is 1. The van der Waals surface area contributed by atoms with Crippen molar-refractivity contribution >= 4 is 27.7 Å². The van der Waals surface area contributed by atoms with E-state index in [4.69, 9.17) is 10.2 Å². The predicted molar refractivity (Wildman–Crippen MR) is 70.6 cm³/mol. The summed E-state index contributed by atoms with van der Waals surface area (Å²) in [5.74, 6) is 0.553. The fraction of sp³-hybridized carbons (Fsp3) is 0.273. The Morgan fingerprint density at radius 1 is 1.50 bits per heavy atom. The van der Waals surface area contributed by atoms with Gasteiger partial charge in [0.15, 0.2) is 0 Å². The lowest BCUT2D eigenvalue weighted by Gasteiger charge is -2.01. The van der Waals surface area contributed by atoms with Gasteiger partial charge in [-0.1, -0.05) is 33.8 Å². The van der Waals surface area contributed by atoms with Crippen LogP contribution in [0, 0.1) is 5.82 Å². The number of rotatable bonds is 4. The summed E-state index contributed by atoms with van der Waals surface area (Å²) in [6, 6.07) is 4.64. The van der Waals surface area contributed by atoms with E-state index in [-0.39, 0.29) is 11.9 Å². The number of hydrogen-bond acceptors (Lipinski definition) is 5. The van der Waals surface area contributed by atoms with Gasteiger partial charge < -0.3 is 10.2 Å². The molecule has 0 saturated carbocycles. The smallest absolute Gasteiger partial charge is 0.276 e. The molecule has 0 aliphatic heterocycles. The first kappa shape index (κ1) is 13.5. The maximum absolute atomic E-state index is 13.6. The topological polar surface area (TPSA) is 64.9 Å². The molecule has 18 heavy (non-hydrogen) atoms. The van der Waals surface area contributed by atoms with Gasteiger partial charge in [-0.2, -0.15) is 0 Å². The number of hydrogen-bond donors (Lipinski definition) is 1. The zero-order valence-electron chi connectivity index (χ0n) is 9.56. The van der Waals surface area contributed by atoms with Gasteiger partial charge >= 0.3 is 0 Å². The minimum absolute atomic E-state index is 0.260. The molecule has 7 heteroatoms. The highest BCUT2D eigenvalue weighted by molar-refractivity contribution is 9.10. The van der Waals surface area contributed by atoms with Crippen LogP contribution in [0.4, 0.5) is 4.39 Å². The van der Waals surface area contributed by atoms with E-state index in [1.54, 1.807) is 19.1 Å². The molecule has 0 radical (unpaired) electrons. The van der Waals surface area contributed by atoms with Crippen LogP contribution in [0.5, 0.6) is 0 Å². The van der Waals surface area contributed by atoms with Crippen LogP contribution in [-0.4, -0.2) is 10.2 Å². The largest absolute Gasteiger partial charge is 0.414 e. The lowest BCUT2D eigenvalue weighted by atomic mass is 10.2. The summed E-state index contributed by atoms with van der Waals surface area (Å²) in [5, 5.41) is 8.03. The monoisotopic (exact) mass is 331 g/mol. The molecule has 1 atom stereocenters. The Balaban J connectivity index is 2.02. The molecule has 2 N–H and O–H groups in total. The molecule has 2 aromatic rings. The number of nitrogens with zero attached hydrogens (tertiary/aromatic N) is 2. The molecule has 0 aliphatic carbocycles. The maximum Gasteiger partial charge on any atom is 0.276 e. The molecule has 0 amide bonds. The highest BCUT2D eigenvalue weighted by Crippen LogP contribution is 2.25. The van der Waals surface area contributed by atoms with Gasteiger partial charge in [0.2, 0.25) is 5.89 Å². The second-order valence-corrected chi connectivity index (χ2v) is 5.56. The van der Waals surface area contributed by atoms with Gasteiger partial charge in [-0.15, -0.1) is 10.2 Å². The maximum atomic E-state index is 13.6. The fourth-order valence-corrected chi connectivity index (χ4v) is 2.33. The van der Waals surface area contributed by atoms with Crippen LogP contribution in [0.3, 0.4) is 0 Å². The number of thioether (sulfide) groups is 1. The van der Waals surface area contributed by atoms with E-state index in [2.05, 4.69) is 26.1 Å². The van der Waals surface area contributed by atoms with Crippen molar-refractivity contribution in [2.24, 2.45) is 5.73 Å². The number of aromatic nitrogens is 2. The summed E-state index contributed by atoms with van der Waals surface area (Å²) in [7, 11) is 0. The number of nitrogens with two attached hydrogens (primary N) is 1. The second-order valence-electron chi connectivity index (χ2n) is 3.72. The third-order valence-corrected chi connectivity index (χ3v) is 3.54. The first-order chi connectivity index (χ1) is 8.56. The van der Waals surface area contributed by atoms with Crippen molar-refractivity contribution in [2.75, 3.05) is 0 Å².